The normalized spacial score (nSPS) is 17.0. The van der Waals surface area contributed by atoms with Crippen LogP contribution >= 0.6 is 9.24 Å². The van der Waals surface area contributed by atoms with E-state index in [1.165, 1.54) is 18.6 Å². The van der Waals surface area contributed by atoms with Crippen LogP contribution in [0.25, 0.3) is 23.2 Å². The van der Waals surface area contributed by atoms with Crippen molar-refractivity contribution >= 4 is 45.6 Å². The molecule has 8 nitrogen and oxygen atoms in total. The summed E-state index contributed by atoms with van der Waals surface area (Å²) in [6.07, 6.45) is 4.93. The van der Waals surface area contributed by atoms with Crippen molar-refractivity contribution in [1.82, 2.24) is 20.3 Å². The maximum absolute atomic E-state index is 14.7. The fraction of sp³-hybridized carbons (Fsp3) is 0.292. The molecule has 1 atom stereocenters. The number of piperazine rings is 1. The van der Waals surface area contributed by atoms with E-state index < -0.39 is 17.3 Å². The number of anilines is 2. The van der Waals surface area contributed by atoms with Gasteiger partial charge < -0.3 is 15.5 Å². The first kappa shape index (κ1) is 26.6. The third-order valence-corrected chi connectivity index (χ3v) is 5.96. The van der Waals surface area contributed by atoms with Crippen LogP contribution in [0.2, 0.25) is 0 Å². The third kappa shape index (κ3) is 6.26. The Morgan fingerprint density at radius 3 is 2.70 bits per heavy atom. The molecule has 0 spiro atoms. The van der Waals surface area contributed by atoms with Gasteiger partial charge in [0, 0.05) is 62.2 Å². The number of fused-ring (bicyclic) bond motifs is 1. The maximum atomic E-state index is 14.7. The van der Waals surface area contributed by atoms with Gasteiger partial charge in [-0.25, -0.2) is 28.7 Å². The highest BCUT2D eigenvalue weighted by Crippen LogP contribution is 2.34. The van der Waals surface area contributed by atoms with Crippen LogP contribution in [-0.2, 0) is 0 Å². The van der Waals surface area contributed by atoms with Gasteiger partial charge in [-0.3, -0.25) is 4.99 Å². The van der Waals surface area contributed by atoms with Crippen molar-refractivity contribution in [3.05, 3.63) is 52.4 Å². The van der Waals surface area contributed by atoms with Crippen LogP contribution in [0.15, 0.2) is 51.9 Å². The lowest BCUT2D eigenvalue weighted by Gasteiger charge is -2.30. The average molecular weight is 532 g/mol. The van der Waals surface area contributed by atoms with E-state index in [9.17, 15) is 17.6 Å². The zero-order valence-corrected chi connectivity index (χ0v) is 21.1. The van der Waals surface area contributed by atoms with E-state index in [2.05, 4.69) is 37.3 Å². The summed E-state index contributed by atoms with van der Waals surface area (Å²) in [6.45, 7) is 6.89. The number of aromatic nitrogens is 3. The number of allylic oxidation sites excluding steroid dienone is 3. The van der Waals surface area contributed by atoms with Crippen molar-refractivity contribution in [2.75, 3.05) is 36.4 Å². The average Bonchev–Trinajstić information content (AvgIpc) is 3.10. The Bertz CT molecular complexity index is 1400. The Balaban J connectivity index is 1.87. The molecule has 2 aromatic heterocycles. The summed E-state index contributed by atoms with van der Waals surface area (Å²) in [5.74, 6) is -1.22. The van der Waals surface area contributed by atoms with Gasteiger partial charge in [0.1, 0.15) is 11.6 Å². The molecular formula is C24H25F4N8P. The predicted molar refractivity (Wildman–Crippen MR) is 141 cm³/mol. The fourth-order valence-electron chi connectivity index (χ4n) is 3.93. The van der Waals surface area contributed by atoms with Crippen molar-refractivity contribution in [2.45, 2.75) is 19.0 Å². The van der Waals surface area contributed by atoms with Crippen LogP contribution in [0.4, 0.5) is 29.2 Å². The van der Waals surface area contributed by atoms with E-state index in [0.29, 0.717) is 43.6 Å². The van der Waals surface area contributed by atoms with Gasteiger partial charge in [-0.2, -0.15) is 8.78 Å². The van der Waals surface area contributed by atoms with Crippen molar-refractivity contribution in [2.24, 2.45) is 9.98 Å². The van der Waals surface area contributed by atoms with Crippen LogP contribution in [0.1, 0.15) is 13.3 Å². The van der Waals surface area contributed by atoms with E-state index in [-0.39, 0.29) is 40.0 Å². The smallest absolute Gasteiger partial charge is 0.281 e. The molecule has 0 aromatic carbocycles. The highest BCUT2D eigenvalue weighted by Gasteiger charge is 2.31. The zero-order valence-electron chi connectivity index (χ0n) is 20.0. The standard InChI is InChI=1S/C24H25F4N8P/c1-14(25)11-17(26)22(29-2)34-19-12-15(3-6-32-19)21-33-18-13-31-5-4-16(24(27,28)37)20(18)23(35-21)36-9-7-30-8-10-36/h3,5-6,11-13,30H,2,4,7-10,37H2,1H3,(H,32,34)/b14-11+,22-17-. The van der Waals surface area contributed by atoms with E-state index in [1.807, 2.05) is 4.90 Å². The van der Waals surface area contributed by atoms with Gasteiger partial charge in [0.25, 0.3) is 5.66 Å². The second-order valence-corrected chi connectivity index (χ2v) is 9.00. The summed E-state index contributed by atoms with van der Waals surface area (Å²) in [5, 5.41) is 6.43. The van der Waals surface area contributed by atoms with Gasteiger partial charge in [0.2, 0.25) is 0 Å². The summed E-state index contributed by atoms with van der Waals surface area (Å²) < 4.78 is 56.7. The molecule has 1 saturated heterocycles. The van der Waals surface area contributed by atoms with E-state index in [0.717, 1.165) is 6.92 Å². The van der Waals surface area contributed by atoms with E-state index >= 15 is 0 Å². The predicted octanol–water partition coefficient (Wildman–Crippen LogP) is 2.90. The quantitative estimate of drug-likeness (QED) is 0.247. The molecular weight excluding hydrogens is 507 g/mol. The second-order valence-electron chi connectivity index (χ2n) is 8.28. The third-order valence-electron chi connectivity index (χ3n) is 5.61. The van der Waals surface area contributed by atoms with Gasteiger partial charge in [-0.15, -0.1) is 0 Å². The number of halogens is 4. The molecule has 2 aliphatic rings. The highest BCUT2D eigenvalue weighted by atomic mass is 31.0. The van der Waals surface area contributed by atoms with Crippen molar-refractivity contribution in [1.29, 1.82) is 0 Å². The van der Waals surface area contributed by atoms with Crippen LogP contribution in [-0.4, -0.2) is 59.7 Å². The first-order valence-corrected chi connectivity index (χ1v) is 11.9. The second kappa shape index (κ2) is 11.3. The number of hydrogen-bond donors (Lipinski definition) is 2. The number of hydrogen-bond acceptors (Lipinski definition) is 8. The highest BCUT2D eigenvalue weighted by molar-refractivity contribution is 7.19. The molecule has 0 aliphatic carbocycles. The Morgan fingerprint density at radius 2 is 2.03 bits per heavy atom. The lowest BCUT2D eigenvalue weighted by atomic mass is 10.1. The molecule has 4 heterocycles. The maximum Gasteiger partial charge on any atom is 0.281 e. The van der Waals surface area contributed by atoms with Gasteiger partial charge in [0.15, 0.2) is 17.5 Å². The van der Waals surface area contributed by atoms with Gasteiger partial charge in [-0.05, 0) is 25.8 Å². The molecule has 1 unspecified atom stereocenters. The minimum atomic E-state index is -3.18. The molecule has 0 amide bonds. The number of rotatable bonds is 7. The van der Waals surface area contributed by atoms with Gasteiger partial charge in [-0.1, -0.05) is 9.24 Å². The summed E-state index contributed by atoms with van der Waals surface area (Å²) >= 11 is 0. The number of nitrogens with one attached hydrogen (secondary N) is 2. The van der Waals surface area contributed by atoms with Crippen molar-refractivity contribution in [3.63, 3.8) is 0 Å². The first-order valence-electron chi connectivity index (χ1n) is 11.4. The fourth-order valence-corrected chi connectivity index (χ4v) is 4.19. The Labute approximate surface area is 212 Å². The summed E-state index contributed by atoms with van der Waals surface area (Å²) in [6, 6.07) is 3.18. The summed E-state index contributed by atoms with van der Waals surface area (Å²) in [7, 11) is 1.59. The first-order chi connectivity index (χ1) is 17.7. The van der Waals surface area contributed by atoms with Crippen molar-refractivity contribution in [3.8, 4) is 11.4 Å². The van der Waals surface area contributed by atoms with Crippen LogP contribution in [0, 0.1) is 0 Å². The van der Waals surface area contributed by atoms with Crippen LogP contribution in [0.5, 0.6) is 0 Å². The number of pyridine rings is 1. The Morgan fingerprint density at radius 1 is 1.27 bits per heavy atom. The molecule has 0 radical (unpaired) electrons. The molecule has 194 valence electrons. The number of aliphatic imine (C=N–C) groups is 2. The minimum Gasteiger partial charge on any atom is -0.353 e. The molecule has 13 heteroatoms. The van der Waals surface area contributed by atoms with Crippen molar-refractivity contribution < 1.29 is 17.6 Å². The SMILES string of the molecule is C=N/C(Nc1cc(-c2nc(N3CCNCC3)c3c(n2)=CN=CCC=3C(F)(F)P)ccn1)=C(F)\C=C(/C)F. The molecule has 37 heavy (non-hydrogen) atoms. The van der Waals surface area contributed by atoms with Crippen LogP contribution in [0.3, 0.4) is 0 Å². The Hall–Kier alpha value is -3.50. The molecule has 2 N–H and O–H groups in total. The lowest BCUT2D eigenvalue weighted by Crippen LogP contribution is -2.49. The summed E-state index contributed by atoms with van der Waals surface area (Å²) in [4.78, 5) is 23.1. The topological polar surface area (TPSA) is 90.7 Å². The molecule has 0 saturated carbocycles. The van der Waals surface area contributed by atoms with E-state index in [4.69, 9.17) is 4.98 Å². The molecule has 0 bridgehead atoms. The number of alkyl halides is 2. The molecule has 2 aromatic rings. The molecule has 2 aliphatic heterocycles. The molecule has 4 rings (SSSR count). The largest absolute Gasteiger partial charge is 0.353 e. The van der Waals surface area contributed by atoms with Gasteiger partial charge in [0.05, 0.1) is 22.6 Å². The Kier molecular flexibility index (Phi) is 8.09. The lowest BCUT2D eigenvalue weighted by molar-refractivity contribution is 0.169. The van der Waals surface area contributed by atoms with E-state index in [1.54, 1.807) is 21.4 Å². The minimum absolute atomic E-state index is 0.0485. The number of nitrogens with zero attached hydrogens (tertiary/aromatic N) is 6. The summed E-state index contributed by atoms with van der Waals surface area (Å²) in [5.41, 5.74) is -2.84. The molecule has 1 fully saturated rings. The van der Waals surface area contributed by atoms with Crippen LogP contribution < -0.4 is 26.1 Å². The van der Waals surface area contributed by atoms with Gasteiger partial charge >= 0.3 is 0 Å². The zero-order chi connectivity index (χ0) is 26.6. The monoisotopic (exact) mass is 532 g/mol.